The molecule has 142 valence electrons. The molecule has 0 radical (unpaired) electrons. The second-order valence-electron chi connectivity index (χ2n) is 5.74. The smallest absolute Gasteiger partial charge is 0.280 e. The lowest BCUT2D eigenvalue weighted by molar-refractivity contribution is 0.0182. The van der Waals surface area contributed by atoms with Crippen molar-refractivity contribution in [1.29, 1.82) is 0 Å². The molecule has 0 aliphatic carbocycles. The van der Waals surface area contributed by atoms with Gasteiger partial charge >= 0.3 is 0 Å². The van der Waals surface area contributed by atoms with Crippen LogP contribution in [0.2, 0.25) is 10.2 Å². The number of hydrogen-bond acceptors (Lipinski definition) is 5. The minimum Gasteiger partial charge on any atom is -0.496 e. The summed E-state index contributed by atoms with van der Waals surface area (Å²) in [4.78, 5) is 30.0. The molecule has 0 bridgehead atoms. The summed E-state index contributed by atoms with van der Waals surface area (Å²) in [7, 11) is 2.87. The van der Waals surface area contributed by atoms with E-state index in [-0.39, 0.29) is 27.4 Å². The van der Waals surface area contributed by atoms with Gasteiger partial charge in [0, 0.05) is 19.3 Å². The third kappa shape index (κ3) is 3.65. The number of methoxy groups -OCH3 is 2. The molecule has 1 fully saturated rings. The Morgan fingerprint density at radius 2 is 1.70 bits per heavy atom. The standard InChI is InChI=1S/C18H17Cl2N3O4/c1-26-13-6-5-12(19)16(27-2)15(13)18(25)23-9-3-8-22(23)17(24)11-4-7-14(20)21-10-11/h4-7,10H,3,8-9H2,1-2H3. The van der Waals surface area contributed by atoms with Gasteiger partial charge in [-0.05, 0) is 30.7 Å². The molecule has 2 aromatic rings. The zero-order valence-corrected chi connectivity index (χ0v) is 16.3. The highest BCUT2D eigenvalue weighted by Crippen LogP contribution is 2.37. The first kappa shape index (κ1) is 19.3. The van der Waals surface area contributed by atoms with Crippen LogP contribution < -0.4 is 9.47 Å². The van der Waals surface area contributed by atoms with Crippen LogP contribution in [0.25, 0.3) is 0 Å². The summed E-state index contributed by atoms with van der Waals surface area (Å²) in [5.74, 6) is -0.258. The lowest BCUT2D eigenvalue weighted by Crippen LogP contribution is -2.45. The number of carbonyl (C=O) groups excluding carboxylic acids is 2. The number of hydrogen-bond donors (Lipinski definition) is 0. The Hall–Kier alpha value is -2.51. The largest absolute Gasteiger partial charge is 0.496 e. The number of aromatic nitrogens is 1. The fraction of sp³-hybridized carbons (Fsp3) is 0.278. The van der Waals surface area contributed by atoms with Crippen LogP contribution in [0.3, 0.4) is 0 Å². The molecule has 0 N–H and O–H groups in total. The predicted octanol–water partition coefficient (Wildman–Crippen LogP) is 3.31. The monoisotopic (exact) mass is 409 g/mol. The number of amides is 2. The molecule has 0 saturated carbocycles. The van der Waals surface area contributed by atoms with Crippen LogP contribution in [-0.2, 0) is 0 Å². The zero-order valence-electron chi connectivity index (χ0n) is 14.7. The summed E-state index contributed by atoms with van der Waals surface area (Å²) in [5, 5.41) is 3.32. The quantitative estimate of drug-likeness (QED) is 0.724. The van der Waals surface area contributed by atoms with Gasteiger partial charge in [-0.3, -0.25) is 9.59 Å². The third-order valence-electron chi connectivity index (χ3n) is 4.18. The van der Waals surface area contributed by atoms with Gasteiger partial charge in [0.25, 0.3) is 11.8 Å². The zero-order chi connectivity index (χ0) is 19.6. The number of rotatable bonds is 4. The van der Waals surface area contributed by atoms with Crippen LogP contribution in [0.4, 0.5) is 0 Å². The molecular formula is C18H17Cl2N3O4. The topological polar surface area (TPSA) is 72.0 Å². The average molecular weight is 410 g/mol. The average Bonchev–Trinajstić information content (AvgIpc) is 3.17. The van der Waals surface area contributed by atoms with Crippen molar-refractivity contribution in [3.63, 3.8) is 0 Å². The van der Waals surface area contributed by atoms with Crippen LogP contribution in [0, 0.1) is 0 Å². The fourth-order valence-electron chi connectivity index (χ4n) is 2.93. The van der Waals surface area contributed by atoms with E-state index in [9.17, 15) is 9.59 Å². The van der Waals surface area contributed by atoms with Gasteiger partial charge in [-0.15, -0.1) is 0 Å². The number of halogens is 2. The molecule has 1 aliphatic rings. The second kappa shape index (κ2) is 8.02. The number of ether oxygens (including phenoxy) is 2. The maximum atomic E-state index is 13.2. The summed E-state index contributed by atoms with van der Waals surface area (Å²) in [6.07, 6.45) is 2.02. The molecule has 9 heteroatoms. The highest BCUT2D eigenvalue weighted by molar-refractivity contribution is 6.33. The number of benzene rings is 1. The van der Waals surface area contributed by atoms with Crippen molar-refractivity contribution in [3.8, 4) is 11.5 Å². The van der Waals surface area contributed by atoms with Crippen LogP contribution in [-0.4, -0.2) is 54.1 Å². The van der Waals surface area contributed by atoms with E-state index in [0.717, 1.165) is 0 Å². The Labute approximate surface area is 166 Å². The van der Waals surface area contributed by atoms with Crippen LogP contribution >= 0.6 is 23.2 Å². The minimum atomic E-state index is -0.432. The van der Waals surface area contributed by atoms with Gasteiger partial charge in [0.15, 0.2) is 5.75 Å². The number of pyridine rings is 1. The Bertz CT molecular complexity index is 874. The van der Waals surface area contributed by atoms with Crippen molar-refractivity contribution in [1.82, 2.24) is 15.0 Å². The molecule has 1 aliphatic heterocycles. The molecule has 2 amide bonds. The Morgan fingerprint density at radius 3 is 2.30 bits per heavy atom. The number of carbonyl (C=O) groups is 2. The van der Waals surface area contributed by atoms with Crippen molar-refractivity contribution in [3.05, 3.63) is 51.8 Å². The Morgan fingerprint density at radius 1 is 1.00 bits per heavy atom. The molecule has 1 aromatic carbocycles. The first-order valence-corrected chi connectivity index (χ1v) is 8.89. The molecule has 1 aromatic heterocycles. The molecule has 1 saturated heterocycles. The van der Waals surface area contributed by atoms with Gasteiger partial charge in [0.2, 0.25) is 0 Å². The van der Waals surface area contributed by atoms with Crippen molar-refractivity contribution >= 4 is 35.0 Å². The highest BCUT2D eigenvalue weighted by atomic mass is 35.5. The number of nitrogens with zero attached hydrogens (tertiary/aromatic N) is 3. The van der Waals surface area contributed by atoms with E-state index < -0.39 is 5.91 Å². The van der Waals surface area contributed by atoms with E-state index in [1.54, 1.807) is 18.2 Å². The molecule has 2 heterocycles. The van der Waals surface area contributed by atoms with Crippen molar-refractivity contribution in [2.45, 2.75) is 6.42 Å². The van der Waals surface area contributed by atoms with Gasteiger partial charge in [0.05, 0.1) is 24.8 Å². The lowest BCUT2D eigenvalue weighted by Gasteiger charge is -2.29. The van der Waals surface area contributed by atoms with Crippen LogP contribution in [0.15, 0.2) is 30.5 Å². The van der Waals surface area contributed by atoms with Crippen LogP contribution in [0.1, 0.15) is 27.1 Å². The second-order valence-corrected chi connectivity index (χ2v) is 6.53. The van der Waals surface area contributed by atoms with Crippen molar-refractivity contribution < 1.29 is 19.1 Å². The van der Waals surface area contributed by atoms with Crippen molar-refractivity contribution in [2.24, 2.45) is 0 Å². The predicted molar refractivity (Wildman–Crippen MR) is 100 cm³/mol. The van der Waals surface area contributed by atoms with Gasteiger partial charge in [-0.1, -0.05) is 23.2 Å². The maximum Gasteiger partial charge on any atom is 0.280 e. The van der Waals surface area contributed by atoms with Crippen LogP contribution in [0.5, 0.6) is 11.5 Å². The fourth-order valence-corrected chi connectivity index (χ4v) is 3.27. The number of hydrazine groups is 1. The SMILES string of the molecule is COc1ccc(Cl)c(OC)c1C(=O)N1CCCN1C(=O)c1ccc(Cl)nc1. The van der Waals surface area contributed by atoms with Gasteiger partial charge in [-0.2, -0.15) is 0 Å². The van der Waals surface area contributed by atoms with Crippen molar-refractivity contribution in [2.75, 3.05) is 27.3 Å². The van der Waals surface area contributed by atoms with E-state index in [4.69, 9.17) is 32.7 Å². The van der Waals surface area contributed by atoms with Gasteiger partial charge < -0.3 is 9.47 Å². The van der Waals surface area contributed by atoms with E-state index in [0.29, 0.717) is 30.8 Å². The normalized spacial score (nSPS) is 13.6. The Kier molecular flexibility index (Phi) is 5.72. The van der Waals surface area contributed by atoms with E-state index in [1.165, 1.54) is 36.5 Å². The molecule has 0 atom stereocenters. The summed E-state index contributed by atoms with van der Waals surface area (Å²) >= 11 is 11.9. The minimum absolute atomic E-state index is 0.168. The van der Waals surface area contributed by atoms with E-state index in [2.05, 4.69) is 4.98 Å². The Balaban J connectivity index is 1.96. The summed E-state index contributed by atoms with van der Waals surface area (Å²) < 4.78 is 10.6. The van der Waals surface area contributed by atoms with E-state index in [1.807, 2.05) is 0 Å². The highest BCUT2D eigenvalue weighted by Gasteiger charge is 2.35. The van der Waals surface area contributed by atoms with Gasteiger partial charge in [0.1, 0.15) is 16.5 Å². The molecule has 3 rings (SSSR count). The molecular weight excluding hydrogens is 393 g/mol. The summed E-state index contributed by atoms with van der Waals surface area (Å²) in [6.45, 7) is 0.781. The summed E-state index contributed by atoms with van der Waals surface area (Å²) in [5.41, 5.74) is 0.505. The first-order chi connectivity index (χ1) is 13.0. The summed E-state index contributed by atoms with van der Waals surface area (Å²) in [6, 6.07) is 6.27. The molecule has 0 spiro atoms. The lowest BCUT2D eigenvalue weighted by atomic mass is 10.1. The molecule has 0 unspecified atom stereocenters. The third-order valence-corrected chi connectivity index (χ3v) is 4.70. The van der Waals surface area contributed by atoms with E-state index >= 15 is 0 Å². The molecule has 7 nitrogen and oxygen atoms in total. The molecule has 27 heavy (non-hydrogen) atoms. The first-order valence-electron chi connectivity index (χ1n) is 8.13. The van der Waals surface area contributed by atoms with Gasteiger partial charge in [-0.25, -0.2) is 15.0 Å². The maximum absolute atomic E-state index is 13.2.